The van der Waals surface area contributed by atoms with Gasteiger partial charge in [-0.05, 0) is 23.8 Å². The third-order valence-corrected chi connectivity index (χ3v) is 3.94. The third kappa shape index (κ3) is 3.03. The Hall–Kier alpha value is -2.97. The molecular formula is C17H11N3OS. The highest BCUT2D eigenvalue weighted by molar-refractivity contribution is 7.22. The van der Waals surface area contributed by atoms with Gasteiger partial charge in [0.2, 0.25) is 0 Å². The maximum absolute atomic E-state index is 12.2. The van der Waals surface area contributed by atoms with Crippen molar-refractivity contribution in [1.82, 2.24) is 4.98 Å². The monoisotopic (exact) mass is 305 g/mol. The van der Waals surface area contributed by atoms with Crippen LogP contribution >= 0.6 is 11.3 Å². The summed E-state index contributed by atoms with van der Waals surface area (Å²) in [6, 6.07) is 18.8. The van der Waals surface area contributed by atoms with Gasteiger partial charge in [0, 0.05) is 0 Å². The van der Waals surface area contributed by atoms with Crippen LogP contribution < -0.4 is 5.32 Å². The van der Waals surface area contributed by atoms with Crippen molar-refractivity contribution in [3.05, 3.63) is 65.7 Å². The van der Waals surface area contributed by atoms with Gasteiger partial charge >= 0.3 is 0 Å². The van der Waals surface area contributed by atoms with Crippen molar-refractivity contribution in [2.24, 2.45) is 0 Å². The number of anilines is 1. The van der Waals surface area contributed by atoms with E-state index in [-0.39, 0.29) is 5.57 Å². The van der Waals surface area contributed by atoms with Gasteiger partial charge in [-0.25, -0.2) is 4.98 Å². The van der Waals surface area contributed by atoms with Crippen LogP contribution in [0.25, 0.3) is 16.3 Å². The Morgan fingerprint density at radius 2 is 1.86 bits per heavy atom. The molecule has 106 valence electrons. The number of thiazole rings is 1. The fourth-order valence-corrected chi connectivity index (χ4v) is 2.82. The highest BCUT2D eigenvalue weighted by Crippen LogP contribution is 2.25. The summed E-state index contributed by atoms with van der Waals surface area (Å²) in [5.74, 6) is -0.453. The van der Waals surface area contributed by atoms with Crippen molar-refractivity contribution in [2.75, 3.05) is 5.32 Å². The molecule has 0 spiro atoms. The second-order valence-electron chi connectivity index (χ2n) is 4.52. The predicted octanol–water partition coefficient (Wildman–Crippen LogP) is 3.84. The molecule has 0 aliphatic heterocycles. The summed E-state index contributed by atoms with van der Waals surface area (Å²) >= 11 is 1.38. The lowest BCUT2D eigenvalue weighted by atomic mass is 10.1. The van der Waals surface area contributed by atoms with Crippen LogP contribution in [0.15, 0.2) is 60.2 Å². The quantitative estimate of drug-likeness (QED) is 0.590. The van der Waals surface area contributed by atoms with E-state index in [4.69, 9.17) is 0 Å². The normalized spacial score (nSPS) is 11.1. The van der Waals surface area contributed by atoms with Gasteiger partial charge in [-0.3, -0.25) is 10.1 Å². The Labute approximate surface area is 131 Å². The van der Waals surface area contributed by atoms with E-state index >= 15 is 0 Å². The van der Waals surface area contributed by atoms with E-state index < -0.39 is 5.91 Å². The topological polar surface area (TPSA) is 65.8 Å². The molecule has 0 saturated carbocycles. The van der Waals surface area contributed by atoms with Crippen LogP contribution in [-0.4, -0.2) is 10.9 Å². The predicted molar refractivity (Wildman–Crippen MR) is 88.3 cm³/mol. The number of nitriles is 1. The van der Waals surface area contributed by atoms with E-state index in [2.05, 4.69) is 10.3 Å². The zero-order valence-corrected chi connectivity index (χ0v) is 12.3. The number of hydrogen-bond acceptors (Lipinski definition) is 4. The van der Waals surface area contributed by atoms with Crippen molar-refractivity contribution in [2.45, 2.75) is 0 Å². The summed E-state index contributed by atoms with van der Waals surface area (Å²) in [4.78, 5) is 16.5. The first-order chi connectivity index (χ1) is 10.8. The molecule has 0 bridgehead atoms. The molecule has 0 radical (unpaired) electrons. The van der Waals surface area contributed by atoms with Gasteiger partial charge < -0.3 is 0 Å². The Kier molecular flexibility index (Phi) is 3.95. The van der Waals surface area contributed by atoms with E-state index in [1.54, 1.807) is 6.08 Å². The standard InChI is InChI=1S/C17H11N3OS/c18-11-13(10-12-6-2-1-3-7-12)16(21)20-17-19-14-8-4-5-9-15(14)22-17/h1-10H,(H,19,20,21)/b13-10-. The molecule has 0 aliphatic carbocycles. The number of para-hydroxylation sites is 1. The van der Waals surface area contributed by atoms with Gasteiger partial charge in [-0.2, -0.15) is 5.26 Å². The van der Waals surface area contributed by atoms with E-state index in [0.717, 1.165) is 15.8 Å². The van der Waals surface area contributed by atoms with Crippen LogP contribution in [0.1, 0.15) is 5.56 Å². The first kappa shape index (κ1) is 14.0. The molecular weight excluding hydrogens is 294 g/mol. The molecule has 1 amide bonds. The van der Waals surface area contributed by atoms with Crippen molar-refractivity contribution >= 4 is 38.7 Å². The Bertz CT molecular complexity index is 858. The molecule has 0 saturated heterocycles. The summed E-state index contributed by atoms with van der Waals surface area (Å²) < 4.78 is 0.989. The minimum Gasteiger partial charge on any atom is -0.297 e. The maximum atomic E-state index is 12.2. The Morgan fingerprint density at radius 1 is 1.14 bits per heavy atom. The largest absolute Gasteiger partial charge is 0.297 e. The van der Waals surface area contributed by atoms with Crippen molar-refractivity contribution in [3.63, 3.8) is 0 Å². The van der Waals surface area contributed by atoms with Crippen LogP contribution in [-0.2, 0) is 4.79 Å². The number of nitrogens with zero attached hydrogens (tertiary/aromatic N) is 2. The highest BCUT2D eigenvalue weighted by atomic mass is 32.1. The summed E-state index contributed by atoms with van der Waals surface area (Å²) in [7, 11) is 0. The van der Waals surface area contributed by atoms with Gasteiger partial charge in [-0.15, -0.1) is 0 Å². The number of amides is 1. The summed E-state index contributed by atoms with van der Waals surface area (Å²) in [5, 5.41) is 12.3. The average molecular weight is 305 g/mol. The highest BCUT2D eigenvalue weighted by Gasteiger charge is 2.12. The molecule has 5 heteroatoms. The summed E-state index contributed by atoms with van der Waals surface area (Å²) in [6.45, 7) is 0. The van der Waals surface area contributed by atoms with E-state index in [1.807, 2.05) is 60.7 Å². The number of benzene rings is 2. The number of fused-ring (bicyclic) bond motifs is 1. The second-order valence-corrected chi connectivity index (χ2v) is 5.55. The first-order valence-corrected chi connectivity index (χ1v) is 7.42. The fraction of sp³-hybridized carbons (Fsp3) is 0. The van der Waals surface area contributed by atoms with Crippen LogP contribution in [0.2, 0.25) is 0 Å². The first-order valence-electron chi connectivity index (χ1n) is 6.60. The molecule has 0 atom stereocenters. The van der Waals surface area contributed by atoms with Crippen LogP contribution in [0.4, 0.5) is 5.13 Å². The fourth-order valence-electron chi connectivity index (χ4n) is 1.95. The van der Waals surface area contributed by atoms with Crippen molar-refractivity contribution in [1.29, 1.82) is 5.26 Å². The number of hydrogen-bond donors (Lipinski definition) is 1. The van der Waals surface area contributed by atoms with E-state index in [0.29, 0.717) is 5.13 Å². The Morgan fingerprint density at radius 3 is 2.59 bits per heavy atom. The minimum atomic E-state index is -0.453. The maximum Gasteiger partial charge on any atom is 0.268 e. The van der Waals surface area contributed by atoms with Crippen LogP contribution in [0, 0.1) is 11.3 Å². The molecule has 2 aromatic carbocycles. The van der Waals surface area contributed by atoms with Gasteiger partial charge in [0.25, 0.3) is 5.91 Å². The lowest BCUT2D eigenvalue weighted by Crippen LogP contribution is -2.13. The smallest absolute Gasteiger partial charge is 0.268 e. The zero-order chi connectivity index (χ0) is 15.4. The lowest BCUT2D eigenvalue weighted by molar-refractivity contribution is -0.112. The molecule has 4 nitrogen and oxygen atoms in total. The van der Waals surface area contributed by atoms with Gasteiger partial charge in [-0.1, -0.05) is 53.8 Å². The molecule has 1 heterocycles. The molecule has 1 aromatic heterocycles. The van der Waals surface area contributed by atoms with Crippen LogP contribution in [0.3, 0.4) is 0 Å². The average Bonchev–Trinajstić information content (AvgIpc) is 2.95. The summed E-state index contributed by atoms with van der Waals surface area (Å²) in [5.41, 5.74) is 1.68. The summed E-state index contributed by atoms with van der Waals surface area (Å²) in [6.07, 6.45) is 1.56. The van der Waals surface area contributed by atoms with Crippen molar-refractivity contribution < 1.29 is 4.79 Å². The SMILES string of the molecule is N#C/C(=C/c1ccccc1)C(=O)Nc1nc2ccccc2s1. The molecule has 1 N–H and O–H groups in total. The van der Waals surface area contributed by atoms with Gasteiger partial charge in [0.15, 0.2) is 5.13 Å². The zero-order valence-electron chi connectivity index (χ0n) is 11.5. The number of carbonyl (C=O) groups excluding carboxylic acids is 1. The van der Waals surface area contributed by atoms with Gasteiger partial charge in [0.05, 0.1) is 10.2 Å². The molecule has 0 unspecified atom stereocenters. The lowest BCUT2D eigenvalue weighted by Gasteiger charge is -1.99. The molecule has 22 heavy (non-hydrogen) atoms. The minimum absolute atomic E-state index is 0.0467. The van der Waals surface area contributed by atoms with E-state index in [1.165, 1.54) is 11.3 Å². The number of aromatic nitrogens is 1. The third-order valence-electron chi connectivity index (χ3n) is 2.99. The second kappa shape index (κ2) is 6.20. The van der Waals surface area contributed by atoms with Crippen molar-refractivity contribution in [3.8, 4) is 6.07 Å². The number of nitrogens with one attached hydrogen (secondary N) is 1. The number of rotatable bonds is 3. The molecule has 0 fully saturated rings. The van der Waals surface area contributed by atoms with Gasteiger partial charge in [0.1, 0.15) is 11.6 Å². The molecule has 3 rings (SSSR count). The van der Waals surface area contributed by atoms with E-state index in [9.17, 15) is 10.1 Å². The molecule has 3 aromatic rings. The van der Waals surface area contributed by atoms with Crippen LogP contribution in [0.5, 0.6) is 0 Å². The molecule has 0 aliphatic rings. The number of carbonyl (C=O) groups is 1. The Balaban J connectivity index is 1.83.